The van der Waals surface area contributed by atoms with E-state index in [1.165, 1.54) is 12.1 Å². The highest BCUT2D eigenvalue weighted by molar-refractivity contribution is 5.95. The van der Waals surface area contributed by atoms with Crippen LogP contribution in [0.5, 0.6) is 5.75 Å². The predicted octanol–water partition coefficient (Wildman–Crippen LogP) is 1.24. The molecule has 1 saturated heterocycles. The lowest BCUT2D eigenvalue weighted by Crippen LogP contribution is -2.38. The van der Waals surface area contributed by atoms with Crippen LogP contribution in [-0.2, 0) is 4.74 Å². The number of hydrogen-bond donors (Lipinski definition) is 2. The molecule has 20 heavy (non-hydrogen) atoms. The average molecular weight is 304 g/mol. The average Bonchev–Trinajstić information content (AvgIpc) is 2.41. The normalized spacial score (nSPS) is 15.4. The second kappa shape index (κ2) is 8.04. The number of halogens is 2. The van der Waals surface area contributed by atoms with Gasteiger partial charge in [0.2, 0.25) is 0 Å². The van der Waals surface area contributed by atoms with E-state index in [2.05, 4.69) is 4.90 Å². The second-order valence-corrected chi connectivity index (χ2v) is 4.36. The molecule has 0 aromatic heterocycles. The fraction of sp³-hybridized carbons (Fsp3) is 0.462. The Balaban J connectivity index is 0.00000200. The van der Waals surface area contributed by atoms with Crippen molar-refractivity contribution in [3.8, 4) is 5.75 Å². The number of nitrogen functional groups attached to an aromatic ring is 1. The van der Waals surface area contributed by atoms with Crippen LogP contribution in [0.3, 0.4) is 0 Å². The molecule has 1 heterocycles. The zero-order valence-corrected chi connectivity index (χ0v) is 11.9. The molecule has 1 aliphatic heterocycles. The number of hydrogen-bond acceptors (Lipinski definition) is 4. The summed E-state index contributed by atoms with van der Waals surface area (Å²) in [6, 6.07) is 4.30. The molecule has 5 nitrogen and oxygen atoms in total. The standard InChI is InChI=1S/C13H18FN3O2.ClH/c14-11-9-10(13(15)16)1-2-12(11)19-8-5-17-3-6-18-7-4-17;/h1-2,9H,3-8H2,(H3,15,16);1H. The zero-order chi connectivity index (χ0) is 13.7. The summed E-state index contributed by atoms with van der Waals surface area (Å²) in [4.78, 5) is 2.21. The van der Waals surface area contributed by atoms with Crippen molar-refractivity contribution in [1.82, 2.24) is 4.90 Å². The molecule has 1 aromatic rings. The third-order valence-corrected chi connectivity index (χ3v) is 3.01. The van der Waals surface area contributed by atoms with E-state index in [-0.39, 0.29) is 24.0 Å². The van der Waals surface area contributed by atoms with E-state index in [9.17, 15) is 4.39 Å². The largest absolute Gasteiger partial charge is 0.489 e. The summed E-state index contributed by atoms with van der Waals surface area (Å²) in [5, 5.41) is 7.23. The van der Waals surface area contributed by atoms with E-state index < -0.39 is 5.82 Å². The lowest BCUT2D eigenvalue weighted by molar-refractivity contribution is 0.0320. The lowest BCUT2D eigenvalue weighted by Gasteiger charge is -2.26. The van der Waals surface area contributed by atoms with Crippen LogP contribution < -0.4 is 10.5 Å². The van der Waals surface area contributed by atoms with Crippen LogP contribution in [0.4, 0.5) is 4.39 Å². The van der Waals surface area contributed by atoms with Crippen molar-refractivity contribution in [3.05, 3.63) is 29.6 Å². The van der Waals surface area contributed by atoms with Gasteiger partial charge in [-0.3, -0.25) is 10.3 Å². The molecule has 1 fully saturated rings. The number of nitrogens with one attached hydrogen (secondary N) is 1. The van der Waals surface area contributed by atoms with Crippen LogP contribution in [0.2, 0.25) is 0 Å². The quantitative estimate of drug-likeness (QED) is 0.634. The highest BCUT2D eigenvalue weighted by Crippen LogP contribution is 2.18. The van der Waals surface area contributed by atoms with Gasteiger partial charge in [-0.05, 0) is 18.2 Å². The van der Waals surface area contributed by atoms with Gasteiger partial charge in [0.1, 0.15) is 12.4 Å². The number of benzene rings is 1. The van der Waals surface area contributed by atoms with Crippen LogP contribution in [0.15, 0.2) is 18.2 Å². The third kappa shape index (κ3) is 4.63. The fourth-order valence-electron chi connectivity index (χ4n) is 1.89. The summed E-state index contributed by atoms with van der Waals surface area (Å²) >= 11 is 0. The summed E-state index contributed by atoms with van der Waals surface area (Å²) in [7, 11) is 0. The molecule has 1 aromatic carbocycles. The van der Waals surface area contributed by atoms with Crippen LogP contribution in [0, 0.1) is 11.2 Å². The van der Waals surface area contributed by atoms with E-state index in [1.807, 2.05) is 0 Å². The minimum absolute atomic E-state index is 0. The molecule has 1 aliphatic rings. The molecule has 7 heteroatoms. The smallest absolute Gasteiger partial charge is 0.165 e. The molecule has 2 rings (SSSR count). The number of rotatable bonds is 5. The second-order valence-electron chi connectivity index (χ2n) is 4.36. The van der Waals surface area contributed by atoms with Gasteiger partial charge in [-0.2, -0.15) is 0 Å². The van der Waals surface area contributed by atoms with Crippen molar-refractivity contribution in [2.45, 2.75) is 0 Å². The fourth-order valence-corrected chi connectivity index (χ4v) is 1.89. The number of ether oxygens (including phenoxy) is 2. The Morgan fingerprint density at radius 3 is 2.70 bits per heavy atom. The number of morpholine rings is 1. The predicted molar refractivity (Wildman–Crippen MR) is 77.4 cm³/mol. The Kier molecular flexibility index (Phi) is 6.70. The Morgan fingerprint density at radius 2 is 2.10 bits per heavy atom. The molecule has 0 atom stereocenters. The molecule has 0 bridgehead atoms. The summed E-state index contributed by atoms with van der Waals surface area (Å²) < 4.78 is 24.3. The molecule has 0 unspecified atom stereocenters. The number of nitrogens with two attached hydrogens (primary N) is 1. The first-order valence-corrected chi connectivity index (χ1v) is 6.23. The van der Waals surface area contributed by atoms with Crippen LogP contribution in [0.25, 0.3) is 0 Å². The molecule has 0 radical (unpaired) electrons. The molecule has 0 spiro atoms. The van der Waals surface area contributed by atoms with Gasteiger partial charge in [-0.15, -0.1) is 12.4 Å². The van der Waals surface area contributed by atoms with E-state index in [0.29, 0.717) is 12.2 Å². The summed E-state index contributed by atoms with van der Waals surface area (Å²) in [6.07, 6.45) is 0. The minimum Gasteiger partial charge on any atom is -0.489 e. The maximum absolute atomic E-state index is 13.7. The number of nitrogens with zero attached hydrogens (tertiary/aromatic N) is 1. The van der Waals surface area contributed by atoms with Gasteiger partial charge >= 0.3 is 0 Å². The molecule has 0 amide bonds. The molecular weight excluding hydrogens is 285 g/mol. The van der Waals surface area contributed by atoms with Crippen molar-refractivity contribution in [2.75, 3.05) is 39.5 Å². The van der Waals surface area contributed by atoms with Crippen molar-refractivity contribution < 1.29 is 13.9 Å². The van der Waals surface area contributed by atoms with Crippen molar-refractivity contribution in [1.29, 1.82) is 5.41 Å². The zero-order valence-electron chi connectivity index (χ0n) is 11.1. The van der Waals surface area contributed by atoms with Gasteiger partial charge < -0.3 is 15.2 Å². The van der Waals surface area contributed by atoms with E-state index >= 15 is 0 Å². The van der Waals surface area contributed by atoms with E-state index in [0.717, 1.165) is 32.8 Å². The van der Waals surface area contributed by atoms with Gasteiger partial charge in [0.25, 0.3) is 0 Å². The SMILES string of the molecule is Cl.N=C(N)c1ccc(OCCN2CCOCC2)c(F)c1. The van der Waals surface area contributed by atoms with Gasteiger partial charge in [-0.1, -0.05) is 0 Å². The molecule has 0 saturated carbocycles. The van der Waals surface area contributed by atoms with Crippen LogP contribution in [-0.4, -0.2) is 50.2 Å². The Hall–Kier alpha value is -1.37. The molecule has 0 aliphatic carbocycles. The Morgan fingerprint density at radius 1 is 1.40 bits per heavy atom. The van der Waals surface area contributed by atoms with E-state index in [4.69, 9.17) is 20.6 Å². The van der Waals surface area contributed by atoms with Gasteiger partial charge in [0.15, 0.2) is 11.6 Å². The lowest BCUT2D eigenvalue weighted by atomic mass is 10.2. The van der Waals surface area contributed by atoms with Gasteiger partial charge in [-0.25, -0.2) is 4.39 Å². The summed E-state index contributed by atoms with van der Waals surface area (Å²) in [5.74, 6) is -0.452. The van der Waals surface area contributed by atoms with Crippen molar-refractivity contribution in [2.24, 2.45) is 5.73 Å². The maximum Gasteiger partial charge on any atom is 0.165 e. The van der Waals surface area contributed by atoms with Crippen molar-refractivity contribution >= 4 is 18.2 Å². The first kappa shape index (κ1) is 16.7. The molecule has 3 N–H and O–H groups in total. The van der Waals surface area contributed by atoms with Crippen LogP contribution >= 0.6 is 12.4 Å². The number of amidine groups is 1. The maximum atomic E-state index is 13.7. The minimum atomic E-state index is -0.491. The van der Waals surface area contributed by atoms with Gasteiger partial charge in [0, 0.05) is 25.2 Å². The summed E-state index contributed by atoms with van der Waals surface area (Å²) in [6.45, 7) is 4.42. The summed E-state index contributed by atoms with van der Waals surface area (Å²) in [5.41, 5.74) is 5.65. The van der Waals surface area contributed by atoms with Crippen molar-refractivity contribution in [3.63, 3.8) is 0 Å². The highest BCUT2D eigenvalue weighted by Gasteiger charge is 2.11. The molecular formula is C13H19ClFN3O2. The first-order valence-electron chi connectivity index (χ1n) is 6.23. The highest BCUT2D eigenvalue weighted by atomic mass is 35.5. The molecule has 112 valence electrons. The topological polar surface area (TPSA) is 71.6 Å². The van der Waals surface area contributed by atoms with E-state index in [1.54, 1.807) is 6.07 Å². The Labute approximate surface area is 123 Å². The van der Waals surface area contributed by atoms with Crippen LogP contribution in [0.1, 0.15) is 5.56 Å². The Bertz CT molecular complexity index is 453. The van der Waals surface area contributed by atoms with Gasteiger partial charge in [0.05, 0.1) is 13.2 Å². The monoisotopic (exact) mass is 303 g/mol. The third-order valence-electron chi connectivity index (χ3n) is 3.01. The first-order chi connectivity index (χ1) is 9.16.